The minimum atomic E-state index is 0.216. The van der Waals surface area contributed by atoms with Gasteiger partial charge in [-0.3, -0.25) is 9.69 Å². The maximum absolute atomic E-state index is 12.2. The smallest absolute Gasteiger partial charge is 0.176 e. The Balaban J connectivity index is 1.92. The molecule has 0 saturated heterocycles. The highest BCUT2D eigenvalue weighted by Gasteiger charge is 2.23. The highest BCUT2D eigenvalue weighted by molar-refractivity contribution is 9.10. The third-order valence-corrected chi connectivity index (χ3v) is 4.62. The average Bonchev–Trinajstić information content (AvgIpc) is 2.39. The number of benzene rings is 1. The third kappa shape index (κ3) is 4.15. The van der Waals surface area contributed by atoms with Crippen molar-refractivity contribution in [3.8, 4) is 0 Å². The molecule has 1 fully saturated rings. The van der Waals surface area contributed by atoms with Crippen LogP contribution in [0.3, 0.4) is 0 Å². The first-order valence-corrected chi connectivity index (χ1v) is 7.84. The van der Waals surface area contributed by atoms with E-state index in [1.54, 1.807) is 0 Å². The normalized spacial score (nSPS) is 23.6. The topological polar surface area (TPSA) is 20.3 Å². The van der Waals surface area contributed by atoms with Gasteiger partial charge in [-0.05, 0) is 37.9 Å². The van der Waals surface area contributed by atoms with Crippen molar-refractivity contribution in [2.75, 3.05) is 13.6 Å². The molecule has 1 aromatic carbocycles. The predicted molar refractivity (Wildman–Crippen MR) is 82.5 cm³/mol. The van der Waals surface area contributed by atoms with Crippen LogP contribution in [0.2, 0.25) is 0 Å². The first-order valence-electron chi connectivity index (χ1n) is 7.05. The summed E-state index contributed by atoms with van der Waals surface area (Å²) in [6, 6.07) is 8.21. The van der Waals surface area contributed by atoms with Crippen LogP contribution in [0.25, 0.3) is 0 Å². The Labute approximate surface area is 124 Å². The van der Waals surface area contributed by atoms with Crippen molar-refractivity contribution in [1.29, 1.82) is 0 Å². The van der Waals surface area contributed by atoms with Gasteiger partial charge in [0.2, 0.25) is 0 Å². The molecule has 0 radical (unpaired) electrons. The predicted octanol–water partition coefficient (Wildman–Crippen LogP) is 4.14. The number of likely N-dealkylation sites (N-methyl/N-ethyl adjacent to an activating group) is 1. The summed E-state index contributed by atoms with van der Waals surface area (Å²) in [7, 11) is 2.08. The number of hydrogen-bond acceptors (Lipinski definition) is 2. The summed E-state index contributed by atoms with van der Waals surface area (Å²) in [6.45, 7) is 2.84. The SMILES string of the molecule is CC1CCCC(N(C)CC(=O)c2ccc(Br)cc2)C1. The Morgan fingerprint density at radius 2 is 2.00 bits per heavy atom. The fourth-order valence-electron chi connectivity index (χ4n) is 2.89. The van der Waals surface area contributed by atoms with Crippen LogP contribution in [-0.4, -0.2) is 30.3 Å². The van der Waals surface area contributed by atoms with E-state index in [0.29, 0.717) is 12.6 Å². The monoisotopic (exact) mass is 323 g/mol. The zero-order valence-electron chi connectivity index (χ0n) is 11.7. The molecule has 104 valence electrons. The van der Waals surface area contributed by atoms with Gasteiger partial charge in [0.05, 0.1) is 6.54 Å². The summed E-state index contributed by atoms with van der Waals surface area (Å²) in [5.74, 6) is 1.01. The number of carbonyl (C=O) groups is 1. The minimum absolute atomic E-state index is 0.216. The van der Waals surface area contributed by atoms with Crippen LogP contribution in [-0.2, 0) is 0 Å². The van der Waals surface area contributed by atoms with Crippen molar-refractivity contribution in [3.63, 3.8) is 0 Å². The average molecular weight is 324 g/mol. The third-order valence-electron chi connectivity index (χ3n) is 4.09. The molecule has 1 aromatic rings. The second-order valence-electron chi connectivity index (χ2n) is 5.77. The van der Waals surface area contributed by atoms with E-state index in [9.17, 15) is 4.79 Å². The Kier molecular flexibility index (Phi) is 5.17. The Morgan fingerprint density at radius 1 is 1.32 bits per heavy atom. The molecule has 2 atom stereocenters. The molecule has 1 saturated carbocycles. The van der Waals surface area contributed by atoms with E-state index in [2.05, 4.69) is 34.8 Å². The van der Waals surface area contributed by atoms with E-state index in [0.717, 1.165) is 16.0 Å². The minimum Gasteiger partial charge on any atom is -0.296 e. The van der Waals surface area contributed by atoms with Gasteiger partial charge in [0.1, 0.15) is 0 Å². The number of hydrogen-bond donors (Lipinski definition) is 0. The van der Waals surface area contributed by atoms with E-state index < -0.39 is 0 Å². The number of carbonyl (C=O) groups excluding carboxylic acids is 1. The fourth-order valence-corrected chi connectivity index (χ4v) is 3.15. The molecule has 0 bridgehead atoms. The first-order chi connectivity index (χ1) is 9.06. The van der Waals surface area contributed by atoms with Crippen molar-refractivity contribution < 1.29 is 4.79 Å². The van der Waals surface area contributed by atoms with E-state index in [1.165, 1.54) is 25.7 Å². The molecule has 2 unspecified atom stereocenters. The van der Waals surface area contributed by atoms with Crippen LogP contribution in [0.1, 0.15) is 43.0 Å². The molecule has 0 aromatic heterocycles. The lowest BCUT2D eigenvalue weighted by Gasteiger charge is -2.33. The largest absolute Gasteiger partial charge is 0.296 e. The van der Waals surface area contributed by atoms with Gasteiger partial charge in [0, 0.05) is 16.1 Å². The van der Waals surface area contributed by atoms with Crippen LogP contribution in [0, 0.1) is 5.92 Å². The molecule has 0 N–H and O–H groups in total. The van der Waals surface area contributed by atoms with Gasteiger partial charge >= 0.3 is 0 Å². The second-order valence-corrected chi connectivity index (χ2v) is 6.69. The number of Topliss-reactive ketones (excluding diaryl/α,β-unsaturated/α-hetero) is 1. The molecular weight excluding hydrogens is 302 g/mol. The van der Waals surface area contributed by atoms with Gasteiger partial charge in [-0.15, -0.1) is 0 Å². The van der Waals surface area contributed by atoms with E-state index in [4.69, 9.17) is 0 Å². The standard InChI is InChI=1S/C16H22BrNO/c1-12-4-3-5-15(10-12)18(2)11-16(19)13-6-8-14(17)9-7-13/h6-9,12,15H,3-5,10-11H2,1-2H3. The molecule has 1 aliphatic carbocycles. The Bertz CT molecular complexity index is 429. The van der Waals surface area contributed by atoms with Crippen LogP contribution in [0.15, 0.2) is 28.7 Å². The number of rotatable bonds is 4. The van der Waals surface area contributed by atoms with Gasteiger partial charge < -0.3 is 0 Å². The maximum atomic E-state index is 12.2. The van der Waals surface area contributed by atoms with Gasteiger partial charge in [0.25, 0.3) is 0 Å². The van der Waals surface area contributed by atoms with Gasteiger partial charge in [-0.1, -0.05) is 47.8 Å². The lowest BCUT2D eigenvalue weighted by atomic mass is 9.86. The molecular formula is C16H22BrNO. The highest BCUT2D eigenvalue weighted by atomic mass is 79.9. The number of halogens is 1. The molecule has 3 heteroatoms. The first kappa shape index (κ1) is 14.7. The fraction of sp³-hybridized carbons (Fsp3) is 0.562. The quantitative estimate of drug-likeness (QED) is 0.776. The summed E-state index contributed by atoms with van der Waals surface area (Å²) >= 11 is 3.39. The van der Waals surface area contributed by atoms with Crippen LogP contribution >= 0.6 is 15.9 Å². The van der Waals surface area contributed by atoms with Gasteiger partial charge in [-0.25, -0.2) is 0 Å². The molecule has 0 heterocycles. The lowest BCUT2D eigenvalue weighted by molar-refractivity contribution is 0.0882. The molecule has 0 spiro atoms. The molecule has 19 heavy (non-hydrogen) atoms. The summed E-state index contributed by atoms with van der Waals surface area (Å²) in [4.78, 5) is 14.5. The van der Waals surface area contributed by atoms with E-state index in [-0.39, 0.29) is 5.78 Å². The molecule has 0 aliphatic heterocycles. The van der Waals surface area contributed by atoms with E-state index in [1.807, 2.05) is 24.3 Å². The summed E-state index contributed by atoms with van der Waals surface area (Å²) in [5.41, 5.74) is 0.805. The van der Waals surface area contributed by atoms with Crippen molar-refractivity contribution in [1.82, 2.24) is 4.90 Å². The Hall–Kier alpha value is -0.670. The zero-order chi connectivity index (χ0) is 13.8. The van der Waals surface area contributed by atoms with Crippen molar-refractivity contribution >= 4 is 21.7 Å². The lowest BCUT2D eigenvalue weighted by Crippen LogP contribution is -2.38. The van der Waals surface area contributed by atoms with E-state index >= 15 is 0 Å². The Morgan fingerprint density at radius 3 is 2.63 bits per heavy atom. The molecule has 0 amide bonds. The van der Waals surface area contributed by atoms with Crippen LogP contribution < -0.4 is 0 Å². The van der Waals surface area contributed by atoms with Gasteiger partial charge in [-0.2, -0.15) is 0 Å². The molecule has 1 aliphatic rings. The summed E-state index contributed by atoms with van der Waals surface area (Å²) in [5, 5.41) is 0. The second kappa shape index (κ2) is 6.67. The van der Waals surface area contributed by atoms with Crippen molar-refractivity contribution in [2.45, 2.75) is 38.6 Å². The summed E-state index contributed by atoms with van der Waals surface area (Å²) in [6.07, 6.45) is 5.09. The summed E-state index contributed by atoms with van der Waals surface area (Å²) < 4.78 is 1.01. The van der Waals surface area contributed by atoms with Crippen LogP contribution in [0.4, 0.5) is 0 Å². The molecule has 2 rings (SSSR count). The highest BCUT2D eigenvalue weighted by Crippen LogP contribution is 2.26. The zero-order valence-corrected chi connectivity index (χ0v) is 13.3. The van der Waals surface area contributed by atoms with Gasteiger partial charge in [0.15, 0.2) is 5.78 Å². The number of nitrogens with zero attached hydrogens (tertiary/aromatic N) is 1. The van der Waals surface area contributed by atoms with Crippen molar-refractivity contribution in [2.24, 2.45) is 5.92 Å². The number of ketones is 1. The van der Waals surface area contributed by atoms with Crippen LogP contribution in [0.5, 0.6) is 0 Å². The maximum Gasteiger partial charge on any atom is 0.176 e. The van der Waals surface area contributed by atoms with Crippen molar-refractivity contribution in [3.05, 3.63) is 34.3 Å². The molecule has 2 nitrogen and oxygen atoms in total.